The third-order valence-corrected chi connectivity index (χ3v) is 4.56. The number of hydrogen-bond donors (Lipinski definition) is 2. The highest BCUT2D eigenvalue weighted by molar-refractivity contribution is 5.89. The number of nitrogens with zero attached hydrogens (tertiary/aromatic N) is 2. The van der Waals surface area contributed by atoms with Crippen molar-refractivity contribution in [3.63, 3.8) is 0 Å². The second kappa shape index (κ2) is 8.75. The molecule has 0 aliphatic heterocycles. The highest BCUT2D eigenvalue weighted by Gasteiger charge is 2.18. The number of para-hydroxylation sites is 1. The van der Waals surface area contributed by atoms with E-state index >= 15 is 0 Å². The lowest BCUT2D eigenvalue weighted by Gasteiger charge is -2.20. The molecular weight excluding hydrogens is 356 g/mol. The van der Waals surface area contributed by atoms with Crippen LogP contribution in [0, 0.1) is 0 Å². The molecule has 0 saturated heterocycles. The molecule has 28 heavy (non-hydrogen) atoms. The van der Waals surface area contributed by atoms with Crippen LogP contribution in [-0.4, -0.2) is 37.8 Å². The Morgan fingerprint density at radius 2 is 1.68 bits per heavy atom. The molecule has 0 aliphatic carbocycles. The normalized spacial score (nSPS) is 11.9. The minimum absolute atomic E-state index is 0.0576. The quantitative estimate of drug-likeness (QED) is 0.617. The van der Waals surface area contributed by atoms with Gasteiger partial charge in [0.25, 0.3) is 0 Å². The third kappa shape index (κ3) is 3.94. The fraction of sp³-hybridized carbons (Fsp3) is 0.333. The number of hydrogen-bond acceptors (Lipinski definition) is 7. The lowest BCUT2D eigenvalue weighted by molar-refractivity contribution is 0.323. The molecule has 1 heterocycles. The van der Waals surface area contributed by atoms with Crippen LogP contribution in [0.2, 0.25) is 0 Å². The van der Waals surface area contributed by atoms with E-state index in [1.165, 1.54) is 0 Å². The van der Waals surface area contributed by atoms with Gasteiger partial charge in [0.1, 0.15) is 11.6 Å². The molecule has 0 fully saturated rings. The molecule has 3 rings (SSSR count). The number of fused-ring (bicyclic) bond motifs is 1. The summed E-state index contributed by atoms with van der Waals surface area (Å²) in [5, 5.41) is 4.46. The predicted molar refractivity (Wildman–Crippen MR) is 110 cm³/mol. The molecule has 2 aromatic carbocycles. The molecule has 0 amide bonds. The van der Waals surface area contributed by atoms with Gasteiger partial charge in [-0.05, 0) is 43.3 Å². The van der Waals surface area contributed by atoms with Crippen molar-refractivity contribution in [1.29, 1.82) is 0 Å². The van der Waals surface area contributed by atoms with Gasteiger partial charge in [-0.15, -0.1) is 0 Å². The number of nitrogens with two attached hydrogens (primary N) is 1. The van der Waals surface area contributed by atoms with Crippen molar-refractivity contribution in [3.05, 3.63) is 47.8 Å². The maximum Gasteiger partial charge on any atom is 0.203 e. The van der Waals surface area contributed by atoms with E-state index in [2.05, 4.69) is 22.2 Å². The van der Waals surface area contributed by atoms with Crippen LogP contribution in [0.15, 0.2) is 36.4 Å². The van der Waals surface area contributed by atoms with E-state index < -0.39 is 0 Å². The molecular formula is C21H26N4O3. The van der Waals surface area contributed by atoms with Gasteiger partial charge in [0.15, 0.2) is 11.5 Å². The van der Waals surface area contributed by atoms with Gasteiger partial charge in [-0.25, -0.2) is 9.97 Å². The lowest BCUT2D eigenvalue weighted by atomic mass is 10.1. The van der Waals surface area contributed by atoms with Crippen LogP contribution in [0.3, 0.4) is 0 Å². The number of benzene rings is 2. The SMILES string of the molecule is COc1cc(C(C)Nc2nc(CCN)nc3ccccc23)cc(OC)c1OC. The highest BCUT2D eigenvalue weighted by atomic mass is 16.5. The second-order valence-corrected chi connectivity index (χ2v) is 6.37. The van der Waals surface area contributed by atoms with E-state index in [1.807, 2.05) is 36.4 Å². The van der Waals surface area contributed by atoms with Gasteiger partial charge >= 0.3 is 0 Å². The Bertz CT molecular complexity index is 937. The zero-order chi connectivity index (χ0) is 20.1. The van der Waals surface area contributed by atoms with Crippen molar-refractivity contribution in [2.24, 2.45) is 5.73 Å². The Morgan fingerprint density at radius 3 is 2.29 bits per heavy atom. The first-order valence-electron chi connectivity index (χ1n) is 9.13. The Labute approximate surface area is 164 Å². The molecule has 1 aromatic heterocycles. The molecule has 7 heteroatoms. The maximum atomic E-state index is 5.70. The fourth-order valence-electron chi connectivity index (χ4n) is 3.12. The monoisotopic (exact) mass is 382 g/mol. The van der Waals surface area contributed by atoms with Crippen LogP contribution in [-0.2, 0) is 6.42 Å². The summed E-state index contributed by atoms with van der Waals surface area (Å²) >= 11 is 0. The van der Waals surface area contributed by atoms with Crippen LogP contribution >= 0.6 is 0 Å². The third-order valence-electron chi connectivity index (χ3n) is 4.56. The van der Waals surface area contributed by atoms with Gasteiger partial charge in [0, 0.05) is 11.8 Å². The molecule has 1 unspecified atom stereocenters. The van der Waals surface area contributed by atoms with Crippen LogP contribution in [0.4, 0.5) is 5.82 Å². The molecule has 1 atom stereocenters. The number of ether oxygens (including phenoxy) is 3. The molecule has 148 valence electrons. The van der Waals surface area contributed by atoms with E-state index in [9.17, 15) is 0 Å². The molecule has 0 saturated carbocycles. The average molecular weight is 382 g/mol. The van der Waals surface area contributed by atoms with Crippen LogP contribution in [0.25, 0.3) is 10.9 Å². The summed E-state index contributed by atoms with van der Waals surface area (Å²) in [5.74, 6) is 3.29. The Balaban J connectivity index is 2.00. The molecule has 0 bridgehead atoms. The summed E-state index contributed by atoms with van der Waals surface area (Å²) < 4.78 is 16.3. The number of rotatable bonds is 8. The van der Waals surface area contributed by atoms with Crippen molar-refractivity contribution >= 4 is 16.7 Å². The van der Waals surface area contributed by atoms with Crippen molar-refractivity contribution in [3.8, 4) is 17.2 Å². The second-order valence-electron chi connectivity index (χ2n) is 6.37. The van der Waals surface area contributed by atoms with Gasteiger partial charge < -0.3 is 25.3 Å². The van der Waals surface area contributed by atoms with Crippen molar-refractivity contribution in [2.75, 3.05) is 33.2 Å². The zero-order valence-corrected chi connectivity index (χ0v) is 16.7. The summed E-state index contributed by atoms with van der Waals surface area (Å²) in [6.45, 7) is 2.56. The number of anilines is 1. The number of aromatic nitrogens is 2. The van der Waals surface area contributed by atoms with E-state index in [1.54, 1.807) is 21.3 Å². The molecule has 3 aromatic rings. The van der Waals surface area contributed by atoms with Gasteiger partial charge in [0.2, 0.25) is 5.75 Å². The summed E-state index contributed by atoms with van der Waals surface area (Å²) in [7, 11) is 4.81. The molecule has 0 spiro atoms. The maximum absolute atomic E-state index is 5.70. The molecule has 0 aliphatic rings. The van der Waals surface area contributed by atoms with Gasteiger partial charge in [-0.2, -0.15) is 0 Å². The zero-order valence-electron chi connectivity index (χ0n) is 16.7. The summed E-state index contributed by atoms with van der Waals surface area (Å²) in [6.07, 6.45) is 0.623. The van der Waals surface area contributed by atoms with E-state index in [0.29, 0.717) is 30.2 Å². The van der Waals surface area contributed by atoms with Crippen LogP contribution in [0.5, 0.6) is 17.2 Å². The highest BCUT2D eigenvalue weighted by Crippen LogP contribution is 2.40. The lowest BCUT2D eigenvalue weighted by Crippen LogP contribution is -2.12. The van der Waals surface area contributed by atoms with E-state index in [-0.39, 0.29) is 6.04 Å². The average Bonchev–Trinajstić information content (AvgIpc) is 2.72. The molecule has 3 N–H and O–H groups in total. The molecule has 0 radical (unpaired) electrons. The summed E-state index contributed by atoms with van der Waals surface area (Å²) in [5.41, 5.74) is 7.57. The summed E-state index contributed by atoms with van der Waals surface area (Å²) in [4.78, 5) is 9.28. The summed E-state index contributed by atoms with van der Waals surface area (Å²) in [6, 6.07) is 11.7. The smallest absolute Gasteiger partial charge is 0.203 e. The molecule has 7 nitrogen and oxygen atoms in total. The van der Waals surface area contributed by atoms with Gasteiger partial charge in [-0.3, -0.25) is 0 Å². The first-order valence-corrected chi connectivity index (χ1v) is 9.13. The largest absolute Gasteiger partial charge is 0.493 e. The van der Waals surface area contributed by atoms with Crippen LogP contribution < -0.4 is 25.3 Å². The van der Waals surface area contributed by atoms with Crippen molar-refractivity contribution < 1.29 is 14.2 Å². The van der Waals surface area contributed by atoms with Gasteiger partial charge in [0.05, 0.1) is 32.9 Å². The minimum Gasteiger partial charge on any atom is -0.493 e. The topological polar surface area (TPSA) is 91.5 Å². The first-order chi connectivity index (χ1) is 13.6. The van der Waals surface area contributed by atoms with Crippen molar-refractivity contribution in [2.45, 2.75) is 19.4 Å². The minimum atomic E-state index is -0.0576. The number of methoxy groups -OCH3 is 3. The Hall–Kier alpha value is -3.06. The van der Waals surface area contributed by atoms with Gasteiger partial charge in [-0.1, -0.05) is 12.1 Å². The van der Waals surface area contributed by atoms with Crippen molar-refractivity contribution in [1.82, 2.24) is 9.97 Å². The first kappa shape index (κ1) is 19.7. The Kier molecular flexibility index (Phi) is 6.16. The predicted octanol–water partition coefficient (Wildman–Crippen LogP) is 3.33. The van der Waals surface area contributed by atoms with E-state index in [0.717, 1.165) is 28.1 Å². The Morgan fingerprint density at radius 1 is 1.00 bits per heavy atom. The number of nitrogens with one attached hydrogen (secondary N) is 1. The van der Waals surface area contributed by atoms with Crippen LogP contribution in [0.1, 0.15) is 24.4 Å². The standard InChI is InChI=1S/C21H26N4O3/c1-13(14-11-17(26-2)20(28-4)18(12-14)27-3)23-21-15-7-5-6-8-16(15)24-19(25-21)9-10-22/h5-8,11-13H,9-10,22H2,1-4H3,(H,23,24,25). The fourth-order valence-corrected chi connectivity index (χ4v) is 3.12. The van der Waals surface area contributed by atoms with E-state index in [4.69, 9.17) is 19.9 Å².